The third-order valence-corrected chi connectivity index (χ3v) is 2.35. The number of amides is 1. The molecule has 0 bridgehead atoms. The summed E-state index contributed by atoms with van der Waals surface area (Å²) < 4.78 is 0. The van der Waals surface area contributed by atoms with Gasteiger partial charge >= 0.3 is 0 Å². The van der Waals surface area contributed by atoms with E-state index in [0.717, 1.165) is 5.69 Å². The summed E-state index contributed by atoms with van der Waals surface area (Å²) in [6.45, 7) is 3.86. The van der Waals surface area contributed by atoms with Crippen molar-refractivity contribution in [3.63, 3.8) is 0 Å². The second-order valence-corrected chi connectivity index (χ2v) is 3.29. The Morgan fingerprint density at radius 1 is 1.36 bits per heavy atom. The van der Waals surface area contributed by atoms with Crippen LogP contribution in [0.2, 0.25) is 0 Å². The summed E-state index contributed by atoms with van der Waals surface area (Å²) >= 11 is 0. The molecule has 3 heteroatoms. The molecule has 0 radical (unpaired) electrons. The Morgan fingerprint density at radius 2 is 2.00 bits per heavy atom. The number of nitrogens with zero attached hydrogens (tertiary/aromatic N) is 1. The van der Waals surface area contributed by atoms with Crippen LogP contribution in [0.25, 0.3) is 0 Å². The third kappa shape index (κ3) is 1.32. The fourth-order valence-corrected chi connectivity index (χ4v) is 1.51. The Labute approximate surface area is 82.3 Å². The van der Waals surface area contributed by atoms with E-state index >= 15 is 0 Å². The molecule has 0 aliphatic carbocycles. The van der Waals surface area contributed by atoms with Crippen LogP contribution in [0.3, 0.4) is 0 Å². The van der Waals surface area contributed by atoms with Crippen molar-refractivity contribution in [2.45, 2.75) is 6.10 Å². The number of hydrogen-bond acceptors (Lipinski definition) is 2. The van der Waals surface area contributed by atoms with Gasteiger partial charge in [-0.25, -0.2) is 0 Å². The fraction of sp³-hybridized carbons (Fsp3) is 0.182. The number of anilines is 1. The van der Waals surface area contributed by atoms with Crippen molar-refractivity contribution < 1.29 is 9.90 Å². The lowest BCUT2D eigenvalue weighted by Gasteiger charge is -2.14. The normalized spacial score (nSPS) is 21.8. The minimum absolute atomic E-state index is 0.191. The molecule has 1 heterocycles. The monoisotopic (exact) mass is 189 g/mol. The zero-order valence-corrected chi connectivity index (χ0v) is 7.68. The first-order valence-corrected chi connectivity index (χ1v) is 4.44. The van der Waals surface area contributed by atoms with E-state index in [0.29, 0.717) is 6.54 Å². The molecule has 0 aromatic heterocycles. The number of carbonyl (C=O) groups excluding carboxylic acids is 1. The highest BCUT2D eigenvalue weighted by atomic mass is 16.3. The van der Waals surface area contributed by atoms with Crippen LogP contribution in [-0.4, -0.2) is 23.7 Å². The maximum atomic E-state index is 11.6. The summed E-state index contributed by atoms with van der Waals surface area (Å²) in [6, 6.07) is 9.27. The van der Waals surface area contributed by atoms with E-state index in [9.17, 15) is 9.90 Å². The Hall–Kier alpha value is -1.61. The predicted octanol–water partition coefficient (Wildman–Crippen LogP) is 0.950. The summed E-state index contributed by atoms with van der Waals surface area (Å²) in [5, 5.41) is 9.44. The molecule has 1 fully saturated rings. The van der Waals surface area contributed by atoms with Crippen LogP contribution in [0.1, 0.15) is 0 Å². The average molecular weight is 189 g/mol. The van der Waals surface area contributed by atoms with Gasteiger partial charge in [-0.2, -0.15) is 0 Å². The third-order valence-electron chi connectivity index (χ3n) is 2.35. The number of β-amino-alcohol motifs (C(OH)–C–C–N with tert-alkyl or cyclic N) is 1. The zero-order valence-electron chi connectivity index (χ0n) is 7.68. The summed E-state index contributed by atoms with van der Waals surface area (Å²) in [6.07, 6.45) is -0.734. The van der Waals surface area contributed by atoms with E-state index in [1.807, 2.05) is 30.3 Å². The molecule has 1 atom stereocenters. The minimum Gasteiger partial charge on any atom is -0.386 e. The summed E-state index contributed by atoms with van der Waals surface area (Å²) in [5.74, 6) is -0.191. The van der Waals surface area contributed by atoms with Gasteiger partial charge in [0.15, 0.2) is 0 Å². The van der Waals surface area contributed by atoms with Crippen molar-refractivity contribution in [2.24, 2.45) is 0 Å². The van der Waals surface area contributed by atoms with Crippen molar-refractivity contribution in [1.82, 2.24) is 0 Å². The van der Waals surface area contributed by atoms with Gasteiger partial charge in [0.2, 0.25) is 0 Å². The quantitative estimate of drug-likeness (QED) is 0.668. The van der Waals surface area contributed by atoms with Crippen LogP contribution in [0.4, 0.5) is 5.69 Å². The van der Waals surface area contributed by atoms with Crippen molar-refractivity contribution in [2.75, 3.05) is 11.4 Å². The highest BCUT2D eigenvalue weighted by Gasteiger charge is 2.32. The molecule has 1 aliphatic heterocycles. The van der Waals surface area contributed by atoms with Crippen molar-refractivity contribution in [1.29, 1.82) is 0 Å². The predicted molar refractivity (Wildman–Crippen MR) is 53.9 cm³/mol. The van der Waals surface area contributed by atoms with Crippen LogP contribution in [0, 0.1) is 0 Å². The van der Waals surface area contributed by atoms with Crippen molar-refractivity contribution in [3.05, 3.63) is 42.5 Å². The van der Waals surface area contributed by atoms with Gasteiger partial charge in [0.1, 0.15) is 6.10 Å². The largest absolute Gasteiger partial charge is 0.386 e. The van der Waals surface area contributed by atoms with Crippen LogP contribution in [0.15, 0.2) is 42.5 Å². The number of hydrogen-bond donors (Lipinski definition) is 1. The Kier molecular flexibility index (Phi) is 2.09. The molecule has 3 nitrogen and oxygen atoms in total. The van der Waals surface area contributed by atoms with E-state index in [4.69, 9.17) is 0 Å². The molecule has 1 N–H and O–H groups in total. The topological polar surface area (TPSA) is 40.5 Å². The number of aliphatic hydroxyl groups excluding tert-OH is 1. The van der Waals surface area contributed by atoms with Gasteiger partial charge in [-0.15, -0.1) is 0 Å². The maximum Gasteiger partial charge on any atom is 0.256 e. The van der Waals surface area contributed by atoms with Gasteiger partial charge in [0.05, 0.1) is 6.54 Å². The van der Waals surface area contributed by atoms with Crippen LogP contribution >= 0.6 is 0 Å². The highest BCUT2D eigenvalue weighted by molar-refractivity contribution is 6.08. The van der Waals surface area contributed by atoms with Gasteiger partial charge in [0, 0.05) is 11.3 Å². The molecule has 1 amide bonds. The van der Waals surface area contributed by atoms with E-state index in [1.54, 1.807) is 0 Å². The molecule has 2 rings (SSSR count). The van der Waals surface area contributed by atoms with Gasteiger partial charge in [-0.3, -0.25) is 4.79 Å². The first kappa shape index (κ1) is 8.97. The molecular weight excluding hydrogens is 178 g/mol. The second kappa shape index (κ2) is 3.27. The average Bonchev–Trinajstić information content (AvgIpc) is 2.47. The number of carbonyl (C=O) groups is 1. The fourth-order valence-electron chi connectivity index (χ4n) is 1.51. The van der Waals surface area contributed by atoms with E-state index in [1.165, 1.54) is 4.90 Å². The number of para-hydroxylation sites is 1. The Balaban J connectivity index is 2.30. The molecule has 1 unspecified atom stereocenters. The lowest BCUT2D eigenvalue weighted by Crippen LogP contribution is -2.25. The SMILES string of the molecule is C=C1C(=O)N(c2ccccc2)CC1O. The molecule has 1 aromatic carbocycles. The van der Waals surface area contributed by atoms with Gasteiger partial charge < -0.3 is 10.0 Å². The maximum absolute atomic E-state index is 11.6. The van der Waals surface area contributed by atoms with Crippen molar-refractivity contribution in [3.8, 4) is 0 Å². The van der Waals surface area contributed by atoms with Crippen LogP contribution in [-0.2, 0) is 4.79 Å². The molecule has 0 spiro atoms. The molecule has 1 saturated heterocycles. The number of benzene rings is 1. The first-order valence-electron chi connectivity index (χ1n) is 4.44. The molecule has 14 heavy (non-hydrogen) atoms. The van der Waals surface area contributed by atoms with E-state index in [-0.39, 0.29) is 11.5 Å². The summed E-state index contributed by atoms with van der Waals surface area (Å²) in [5.41, 5.74) is 1.07. The molecule has 0 saturated carbocycles. The molecular formula is C11H11NO2. The molecule has 1 aliphatic rings. The van der Waals surface area contributed by atoms with E-state index in [2.05, 4.69) is 6.58 Å². The van der Waals surface area contributed by atoms with Crippen molar-refractivity contribution >= 4 is 11.6 Å². The smallest absolute Gasteiger partial charge is 0.256 e. The number of aliphatic hydroxyl groups is 1. The first-order chi connectivity index (χ1) is 6.70. The lowest BCUT2D eigenvalue weighted by atomic mass is 10.2. The van der Waals surface area contributed by atoms with Crippen LogP contribution in [0.5, 0.6) is 0 Å². The van der Waals surface area contributed by atoms with Gasteiger partial charge in [0.25, 0.3) is 5.91 Å². The Morgan fingerprint density at radius 3 is 2.50 bits per heavy atom. The minimum atomic E-state index is -0.734. The lowest BCUT2D eigenvalue weighted by molar-refractivity contribution is -0.114. The summed E-state index contributed by atoms with van der Waals surface area (Å²) in [7, 11) is 0. The Bertz CT molecular complexity index is 372. The number of rotatable bonds is 1. The second-order valence-electron chi connectivity index (χ2n) is 3.29. The molecule has 72 valence electrons. The standard InChI is InChI=1S/C11H11NO2/c1-8-10(13)7-12(11(8)14)9-5-3-2-4-6-9/h2-6,10,13H,1,7H2. The van der Waals surface area contributed by atoms with Gasteiger partial charge in [-0.1, -0.05) is 24.8 Å². The van der Waals surface area contributed by atoms with Gasteiger partial charge in [-0.05, 0) is 12.1 Å². The zero-order chi connectivity index (χ0) is 10.1. The van der Waals surface area contributed by atoms with Crippen LogP contribution < -0.4 is 4.90 Å². The van der Waals surface area contributed by atoms with E-state index < -0.39 is 6.10 Å². The molecule has 1 aromatic rings. The highest BCUT2D eigenvalue weighted by Crippen LogP contribution is 2.23. The summed E-state index contributed by atoms with van der Waals surface area (Å²) in [4.78, 5) is 13.1.